The summed E-state index contributed by atoms with van der Waals surface area (Å²) in [5.41, 5.74) is 1.82. The predicted octanol–water partition coefficient (Wildman–Crippen LogP) is 1.74. The number of halogens is 1. The summed E-state index contributed by atoms with van der Waals surface area (Å²) in [5, 5.41) is 3.30. The summed E-state index contributed by atoms with van der Waals surface area (Å²) >= 11 is 0. The van der Waals surface area contributed by atoms with Crippen molar-refractivity contribution < 1.29 is 12.8 Å². The molecule has 0 radical (unpaired) electrons. The van der Waals surface area contributed by atoms with E-state index in [-0.39, 0.29) is 11.6 Å². The Morgan fingerprint density at radius 2 is 2.05 bits per heavy atom. The molecular weight excluding hydrogens is 291 g/mol. The molecule has 0 spiro atoms. The van der Waals surface area contributed by atoms with Crippen molar-refractivity contribution >= 4 is 10.0 Å². The summed E-state index contributed by atoms with van der Waals surface area (Å²) in [7, 11) is -3.21. The third kappa shape index (κ3) is 6.11. The van der Waals surface area contributed by atoms with Crippen molar-refractivity contribution in [2.45, 2.75) is 38.6 Å². The maximum Gasteiger partial charge on any atom is 0.211 e. The van der Waals surface area contributed by atoms with Crippen molar-refractivity contribution in [1.29, 1.82) is 0 Å². The molecule has 0 aromatic heterocycles. The van der Waals surface area contributed by atoms with Crippen molar-refractivity contribution in [2.75, 3.05) is 18.8 Å². The van der Waals surface area contributed by atoms with Crippen molar-refractivity contribution in [3.05, 3.63) is 35.1 Å². The molecule has 0 heterocycles. The summed E-state index contributed by atoms with van der Waals surface area (Å²) in [6.45, 7) is 2.93. The van der Waals surface area contributed by atoms with Crippen molar-refractivity contribution in [3.63, 3.8) is 0 Å². The van der Waals surface area contributed by atoms with Crippen LogP contribution in [0, 0.1) is 12.7 Å². The fourth-order valence-electron chi connectivity index (χ4n) is 2.21. The average molecular weight is 314 g/mol. The normalized spacial score (nSPS) is 15.3. The third-order valence-electron chi connectivity index (χ3n) is 3.62. The maximum absolute atomic E-state index is 13.0. The highest BCUT2D eigenvalue weighted by molar-refractivity contribution is 7.89. The molecule has 1 aliphatic carbocycles. The highest BCUT2D eigenvalue weighted by atomic mass is 32.2. The van der Waals surface area contributed by atoms with E-state index in [4.69, 9.17) is 0 Å². The smallest absolute Gasteiger partial charge is 0.211 e. The van der Waals surface area contributed by atoms with Gasteiger partial charge in [-0.2, -0.15) is 0 Å². The standard InChI is InChI=1S/C15H23FN2O2S/c1-12-11-14(16)4-3-13(12)7-9-18-21(19,20)10-2-8-17-15-5-6-15/h3-4,11,15,17-18H,2,5-10H2,1H3. The highest BCUT2D eigenvalue weighted by Gasteiger charge is 2.20. The van der Waals surface area contributed by atoms with E-state index in [2.05, 4.69) is 10.0 Å². The SMILES string of the molecule is Cc1cc(F)ccc1CCNS(=O)(=O)CCCNC1CC1. The Morgan fingerprint density at radius 1 is 1.29 bits per heavy atom. The Bertz CT molecular complexity index is 571. The number of rotatable bonds is 9. The molecule has 0 amide bonds. The molecule has 0 bridgehead atoms. The number of nitrogens with one attached hydrogen (secondary N) is 2. The molecule has 0 saturated heterocycles. The lowest BCUT2D eigenvalue weighted by Gasteiger charge is -2.09. The van der Waals surface area contributed by atoms with Gasteiger partial charge in [0.1, 0.15) is 5.82 Å². The van der Waals surface area contributed by atoms with Crippen molar-refractivity contribution in [2.24, 2.45) is 0 Å². The van der Waals surface area contributed by atoms with Gasteiger partial charge in [0, 0.05) is 12.6 Å². The zero-order chi connectivity index (χ0) is 15.3. The summed E-state index contributed by atoms with van der Waals surface area (Å²) < 4.78 is 39.2. The second kappa shape index (κ2) is 7.33. The zero-order valence-electron chi connectivity index (χ0n) is 12.4. The first kappa shape index (κ1) is 16.4. The number of aryl methyl sites for hydroxylation is 1. The van der Waals surface area contributed by atoms with E-state index in [1.165, 1.54) is 25.0 Å². The molecule has 21 heavy (non-hydrogen) atoms. The van der Waals surface area contributed by atoms with E-state index in [0.29, 0.717) is 25.4 Å². The molecule has 0 aliphatic heterocycles. The summed E-state index contributed by atoms with van der Waals surface area (Å²) in [4.78, 5) is 0. The van der Waals surface area contributed by atoms with Crippen molar-refractivity contribution in [3.8, 4) is 0 Å². The quantitative estimate of drug-likeness (QED) is 0.683. The van der Waals surface area contributed by atoms with E-state index in [1.54, 1.807) is 6.07 Å². The topological polar surface area (TPSA) is 58.2 Å². The summed E-state index contributed by atoms with van der Waals surface area (Å²) in [6, 6.07) is 5.19. The second-order valence-corrected chi connectivity index (χ2v) is 7.54. The lowest BCUT2D eigenvalue weighted by molar-refractivity contribution is 0.574. The number of hydrogen-bond acceptors (Lipinski definition) is 3. The van der Waals surface area contributed by atoms with Crippen LogP contribution in [0.5, 0.6) is 0 Å². The Kier molecular flexibility index (Phi) is 5.72. The molecule has 1 aromatic rings. The molecule has 2 rings (SSSR count). The second-order valence-electron chi connectivity index (χ2n) is 5.62. The molecule has 0 atom stereocenters. The molecule has 0 unspecified atom stereocenters. The molecule has 2 N–H and O–H groups in total. The van der Waals surface area contributed by atoms with E-state index in [9.17, 15) is 12.8 Å². The van der Waals surface area contributed by atoms with Gasteiger partial charge < -0.3 is 5.32 Å². The summed E-state index contributed by atoms with van der Waals surface area (Å²) in [6.07, 6.45) is 3.62. The molecule has 1 fully saturated rings. The van der Waals surface area contributed by atoms with Gasteiger partial charge in [0.25, 0.3) is 0 Å². The molecule has 1 aromatic carbocycles. The largest absolute Gasteiger partial charge is 0.314 e. The monoisotopic (exact) mass is 314 g/mol. The minimum Gasteiger partial charge on any atom is -0.314 e. The van der Waals surface area contributed by atoms with Gasteiger partial charge in [0.05, 0.1) is 5.75 Å². The maximum atomic E-state index is 13.0. The third-order valence-corrected chi connectivity index (χ3v) is 5.09. The Morgan fingerprint density at radius 3 is 2.71 bits per heavy atom. The van der Waals surface area contributed by atoms with Crippen LogP contribution in [0.3, 0.4) is 0 Å². The van der Waals surface area contributed by atoms with E-state index < -0.39 is 10.0 Å². The van der Waals surface area contributed by atoms with Crippen LogP contribution in [-0.4, -0.2) is 33.3 Å². The lowest BCUT2D eigenvalue weighted by Crippen LogP contribution is -2.30. The highest BCUT2D eigenvalue weighted by Crippen LogP contribution is 2.18. The van der Waals surface area contributed by atoms with Gasteiger partial charge in [0.15, 0.2) is 0 Å². The lowest BCUT2D eigenvalue weighted by atomic mass is 10.1. The Balaban J connectivity index is 1.68. The molecule has 6 heteroatoms. The first-order valence-corrected chi connectivity index (χ1v) is 9.07. The van der Waals surface area contributed by atoms with Gasteiger partial charge in [-0.3, -0.25) is 0 Å². The van der Waals surface area contributed by atoms with Crippen molar-refractivity contribution in [1.82, 2.24) is 10.0 Å². The van der Waals surface area contributed by atoms with Crippen LogP contribution in [0.4, 0.5) is 4.39 Å². The molecular formula is C15H23FN2O2S. The first-order chi connectivity index (χ1) is 9.96. The Labute approximate surface area is 126 Å². The fourth-order valence-corrected chi connectivity index (χ4v) is 3.29. The first-order valence-electron chi connectivity index (χ1n) is 7.42. The minimum absolute atomic E-state index is 0.148. The van der Waals surface area contributed by atoms with Gasteiger partial charge >= 0.3 is 0 Å². The van der Waals surface area contributed by atoms with E-state index in [1.807, 2.05) is 6.92 Å². The molecule has 118 valence electrons. The van der Waals surface area contributed by atoms with Crippen LogP contribution in [0.15, 0.2) is 18.2 Å². The van der Waals surface area contributed by atoms with Gasteiger partial charge in [-0.05, 0) is 62.4 Å². The van der Waals surface area contributed by atoms with E-state index >= 15 is 0 Å². The minimum atomic E-state index is -3.21. The van der Waals surface area contributed by atoms with E-state index in [0.717, 1.165) is 17.7 Å². The predicted molar refractivity (Wildman–Crippen MR) is 82.3 cm³/mol. The molecule has 1 saturated carbocycles. The molecule has 1 aliphatic rings. The van der Waals surface area contributed by atoms with Gasteiger partial charge in [-0.15, -0.1) is 0 Å². The van der Waals surface area contributed by atoms with Gasteiger partial charge in [-0.25, -0.2) is 17.5 Å². The van der Waals surface area contributed by atoms with Gasteiger partial charge in [0.2, 0.25) is 10.0 Å². The van der Waals surface area contributed by atoms with Crippen LogP contribution >= 0.6 is 0 Å². The van der Waals surface area contributed by atoms with Gasteiger partial charge in [-0.1, -0.05) is 6.07 Å². The van der Waals surface area contributed by atoms with Crippen LogP contribution in [-0.2, 0) is 16.4 Å². The zero-order valence-corrected chi connectivity index (χ0v) is 13.2. The Hall–Kier alpha value is -0.980. The number of benzene rings is 1. The number of sulfonamides is 1. The average Bonchev–Trinajstić information content (AvgIpc) is 3.21. The summed E-state index contributed by atoms with van der Waals surface area (Å²) in [5.74, 6) is -0.116. The van der Waals surface area contributed by atoms with Crippen LogP contribution in [0.2, 0.25) is 0 Å². The van der Waals surface area contributed by atoms with Crippen LogP contribution < -0.4 is 10.0 Å². The fraction of sp³-hybridized carbons (Fsp3) is 0.600. The number of hydrogen-bond donors (Lipinski definition) is 2. The van der Waals surface area contributed by atoms with Crippen LogP contribution in [0.1, 0.15) is 30.4 Å². The van der Waals surface area contributed by atoms with Crippen LogP contribution in [0.25, 0.3) is 0 Å². The molecule has 4 nitrogen and oxygen atoms in total.